The molecule has 2 aliphatic rings. The van der Waals surface area contributed by atoms with Gasteiger partial charge in [0.15, 0.2) is 0 Å². The third-order valence-electron chi connectivity index (χ3n) is 8.42. The normalized spacial score (nSPS) is 12.1. The summed E-state index contributed by atoms with van der Waals surface area (Å²) in [5.41, 5.74) is 14.5. The first-order valence-corrected chi connectivity index (χ1v) is 15.5. The van der Waals surface area contributed by atoms with Gasteiger partial charge in [0.1, 0.15) is 0 Å². The predicted octanol–water partition coefficient (Wildman–Crippen LogP) is 9.60. The van der Waals surface area contributed by atoms with Gasteiger partial charge in [0, 0.05) is 81.5 Å². The number of aromatic amines is 2. The predicted molar refractivity (Wildman–Crippen MR) is 197 cm³/mol. The molecule has 8 bridgehead atoms. The molecule has 6 aromatic rings. The third kappa shape index (κ3) is 5.19. The van der Waals surface area contributed by atoms with E-state index in [1.54, 1.807) is 43.3 Å². The zero-order valence-corrected chi connectivity index (χ0v) is 25.9. The Morgan fingerprint density at radius 2 is 0.875 bits per heavy atom. The van der Waals surface area contributed by atoms with Crippen LogP contribution in [0.15, 0.2) is 129 Å². The van der Waals surface area contributed by atoms with Gasteiger partial charge in [-0.25, -0.2) is 9.97 Å². The van der Waals surface area contributed by atoms with Crippen molar-refractivity contribution >= 4 is 51.9 Å². The van der Waals surface area contributed by atoms with Crippen LogP contribution in [0.25, 0.3) is 85.3 Å². The molecule has 0 saturated heterocycles. The molecular formula is C41H29N7. The molecular weight excluding hydrogens is 591 g/mol. The Kier molecular flexibility index (Phi) is 7.32. The quantitative estimate of drug-likeness (QED) is 0.181. The Morgan fingerprint density at radius 3 is 1.31 bits per heavy atom. The first-order valence-electron chi connectivity index (χ1n) is 15.5. The molecule has 0 amide bonds. The minimum absolute atomic E-state index is 0.797. The maximum Gasteiger partial charge on any atom is 0.0737 e. The van der Waals surface area contributed by atoms with Gasteiger partial charge in [-0.15, -0.1) is 0 Å². The van der Waals surface area contributed by atoms with E-state index in [4.69, 9.17) is 9.97 Å². The van der Waals surface area contributed by atoms with E-state index in [1.807, 2.05) is 54.6 Å². The minimum atomic E-state index is 0.797. The molecule has 0 spiro atoms. The molecule has 7 heteroatoms. The van der Waals surface area contributed by atoms with Crippen LogP contribution in [-0.2, 0) is 0 Å². The van der Waals surface area contributed by atoms with Gasteiger partial charge in [0.05, 0.1) is 22.8 Å². The summed E-state index contributed by atoms with van der Waals surface area (Å²) in [6.45, 7) is 8.30. The van der Waals surface area contributed by atoms with Crippen LogP contribution in [0.1, 0.15) is 28.3 Å². The number of allylic oxidation sites excluding steroid dienone is 4. The van der Waals surface area contributed by atoms with Gasteiger partial charge in [-0.1, -0.05) is 31.4 Å². The molecule has 0 unspecified atom stereocenters. The highest BCUT2D eigenvalue weighted by Gasteiger charge is 2.18. The van der Waals surface area contributed by atoms with E-state index in [0.29, 0.717) is 0 Å². The molecule has 2 N–H and O–H groups in total. The van der Waals surface area contributed by atoms with Crippen LogP contribution in [0.4, 0.5) is 0 Å². The molecule has 8 heterocycles. The van der Waals surface area contributed by atoms with E-state index in [9.17, 15) is 0 Å². The highest BCUT2D eigenvalue weighted by molar-refractivity contribution is 5.99. The molecule has 6 aromatic heterocycles. The van der Waals surface area contributed by atoms with Crippen molar-refractivity contribution in [3.63, 3.8) is 0 Å². The van der Waals surface area contributed by atoms with Crippen LogP contribution in [0, 0.1) is 0 Å². The van der Waals surface area contributed by atoms with Crippen molar-refractivity contribution in [3.8, 4) is 33.4 Å². The zero-order chi connectivity index (χ0) is 32.5. The van der Waals surface area contributed by atoms with Gasteiger partial charge in [-0.05, 0) is 107 Å². The summed E-state index contributed by atoms with van der Waals surface area (Å²) in [5.74, 6) is 0. The van der Waals surface area contributed by atoms with Crippen molar-refractivity contribution in [1.82, 2.24) is 34.9 Å². The average Bonchev–Trinajstić information content (AvgIpc) is 3.96. The zero-order valence-electron chi connectivity index (χ0n) is 25.9. The van der Waals surface area contributed by atoms with Gasteiger partial charge in [-0.2, -0.15) is 0 Å². The monoisotopic (exact) mass is 619 g/mol. The number of pyridine rings is 3. The van der Waals surface area contributed by atoms with Crippen LogP contribution >= 0.6 is 0 Å². The maximum absolute atomic E-state index is 5.28. The molecule has 48 heavy (non-hydrogen) atoms. The molecule has 0 aromatic carbocycles. The number of nitrogens with one attached hydrogen (secondary N) is 2. The van der Waals surface area contributed by atoms with Crippen LogP contribution < -0.4 is 0 Å². The number of hydrogen-bond donors (Lipinski definition) is 2. The maximum atomic E-state index is 5.28. The fourth-order valence-electron chi connectivity index (χ4n) is 6.28. The second-order valence-electron chi connectivity index (χ2n) is 11.3. The summed E-state index contributed by atoms with van der Waals surface area (Å²) in [6.07, 6.45) is 24.7. The Morgan fingerprint density at radius 1 is 0.500 bits per heavy atom. The number of nitrogens with zero attached hydrogens (tertiary/aromatic N) is 5. The summed E-state index contributed by atoms with van der Waals surface area (Å²) in [4.78, 5) is 30.8. The lowest BCUT2D eigenvalue weighted by molar-refractivity contribution is 1.29. The second-order valence-corrected chi connectivity index (χ2v) is 11.3. The van der Waals surface area contributed by atoms with E-state index >= 15 is 0 Å². The van der Waals surface area contributed by atoms with E-state index in [2.05, 4.69) is 80.6 Å². The van der Waals surface area contributed by atoms with E-state index in [1.165, 1.54) is 0 Å². The highest BCUT2D eigenvalue weighted by atomic mass is 14.8. The van der Waals surface area contributed by atoms with E-state index < -0.39 is 0 Å². The number of aromatic nitrogens is 7. The van der Waals surface area contributed by atoms with E-state index in [-0.39, 0.29) is 0 Å². The third-order valence-corrected chi connectivity index (χ3v) is 8.42. The fourth-order valence-corrected chi connectivity index (χ4v) is 6.28. The molecule has 0 aliphatic carbocycles. The summed E-state index contributed by atoms with van der Waals surface area (Å²) in [6, 6.07) is 20.4. The minimum Gasteiger partial charge on any atom is -0.354 e. The molecule has 0 fully saturated rings. The summed E-state index contributed by atoms with van der Waals surface area (Å²) in [7, 11) is 0. The topological polar surface area (TPSA) is 96.0 Å². The second kappa shape index (κ2) is 12.2. The lowest BCUT2D eigenvalue weighted by Gasteiger charge is -2.06. The smallest absolute Gasteiger partial charge is 0.0737 e. The standard InChI is InChI=1S/C41H29N7/c1-3-4-5-26(2)38-30-6-8-32(45-30)39(27-14-20-42-21-15-27)34-10-12-36(47-34)41(29-18-24-44-25-19-29)37-13-11-35(48-37)40(28-16-22-43-23-17-28)33-9-7-31(38)46-33/h3-25,45,48H,1-2H2/b5-4-,38-30?,38-31?,39-32?,39-34?,40-33?,40-35?,41-36?,41-37?. The molecule has 7 nitrogen and oxygen atoms in total. The summed E-state index contributed by atoms with van der Waals surface area (Å²) >= 11 is 0. The highest BCUT2D eigenvalue weighted by Crippen LogP contribution is 2.37. The van der Waals surface area contributed by atoms with Crippen molar-refractivity contribution in [2.24, 2.45) is 0 Å². The fraction of sp³-hybridized carbons (Fsp3) is 0. The van der Waals surface area contributed by atoms with Gasteiger partial charge in [0.25, 0.3) is 0 Å². The van der Waals surface area contributed by atoms with Gasteiger partial charge in [-0.3, -0.25) is 15.0 Å². The largest absolute Gasteiger partial charge is 0.354 e. The number of hydrogen-bond acceptors (Lipinski definition) is 5. The molecule has 0 radical (unpaired) electrons. The summed E-state index contributed by atoms with van der Waals surface area (Å²) in [5, 5.41) is 0. The Bertz CT molecular complexity index is 2430. The molecule has 228 valence electrons. The Labute approximate surface area is 277 Å². The van der Waals surface area contributed by atoms with Gasteiger partial charge >= 0.3 is 0 Å². The molecule has 0 saturated carbocycles. The molecule has 0 atom stereocenters. The Hall–Kier alpha value is -6.73. The summed E-state index contributed by atoms with van der Waals surface area (Å²) < 4.78 is 0. The van der Waals surface area contributed by atoms with Crippen molar-refractivity contribution in [1.29, 1.82) is 0 Å². The number of rotatable bonds is 6. The lowest BCUT2D eigenvalue weighted by Crippen LogP contribution is -1.90. The van der Waals surface area contributed by atoms with Crippen LogP contribution in [0.3, 0.4) is 0 Å². The van der Waals surface area contributed by atoms with Crippen molar-refractivity contribution < 1.29 is 0 Å². The van der Waals surface area contributed by atoms with Gasteiger partial charge in [0.2, 0.25) is 0 Å². The van der Waals surface area contributed by atoms with Crippen molar-refractivity contribution in [3.05, 3.63) is 158 Å². The SMILES string of the molecule is C=C/C=C\C(=C)c1c2nc(c(-c3ccncc3)c3ccc([nH]3)c(-c3ccncc3)c3nc(c(-c4ccncc4)c4ccc1[nH]4)C=C3)C=C2. The first-order chi connectivity index (χ1) is 23.7. The van der Waals surface area contributed by atoms with Crippen molar-refractivity contribution in [2.75, 3.05) is 0 Å². The Balaban J connectivity index is 1.57. The van der Waals surface area contributed by atoms with Crippen LogP contribution in [0.2, 0.25) is 0 Å². The average molecular weight is 620 g/mol. The first kappa shape index (κ1) is 28.7. The number of fused-ring (bicyclic) bond motifs is 8. The number of H-pyrrole nitrogens is 2. The van der Waals surface area contributed by atoms with E-state index in [0.717, 1.165) is 89.4 Å². The van der Waals surface area contributed by atoms with Gasteiger partial charge < -0.3 is 9.97 Å². The molecule has 2 aliphatic heterocycles. The molecule has 8 rings (SSSR count). The lowest BCUT2D eigenvalue weighted by atomic mass is 10.0. The van der Waals surface area contributed by atoms with Crippen LogP contribution in [-0.4, -0.2) is 34.9 Å². The van der Waals surface area contributed by atoms with Crippen LogP contribution in [0.5, 0.6) is 0 Å². The van der Waals surface area contributed by atoms with Crippen molar-refractivity contribution in [2.45, 2.75) is 0 Å².